The molecule has 0 aromatic carbocycles. The van der Waals surface area contributed by atoms with Crippen molar-refractivity contribution in [2.45, 2.75) is 31.5 Å². The molecule has 5 heteroatoms. The molecule has 0 bridgehead atoms. The first-order valence-corrected chi connectivity index (χ1v) is 6.47. The van der Waals surface area contributed by atoms with Gasteiger partial charge in [-0.1, -0.05) is 0 Å². The van der Waals surface area contributed by atoms with Crippen LogP contribution in [0.25, 0.3) is 0 Å². The van der Waals surface area contributed by atoms with Gasteiger partial charge in [-0.3, -0.25) is 0 Å². The predicted octanol–water partition coefficient (Wildman–Crippen LogP) is 3.21. The molecule has 2 rings (SSSR count). The number of hydrogen-bond donors (Lipinski definition) is 1. The van der Waals surface area contributed by atoms with Crippen LogP contribution in [0, 0.1) is 0 Å². The van der Waals surface area contributed by atoms with Crippen molar-refractivity contribution < 1.29 is 14.6 Å². The molecule has 1 aliphatic rings. The zero-order valence-electron chi connectivity index (χ0n) is 7.98. The van der Waals surface area contributed by atoms with Crippen molar-refractivity contribution in [2.75, 3.05) is 0 Å². The van der Waals surface area contributed by atoms with Crippen LogP contribution in [-0.2, 0) is 9.53 Å². The van der Waals surface area contributed by atoms with E-state index in [9.17, 15) is 4.79 Å². The van der Waals surface area contributed by atoms with E-state index in [0.29, 0.717) is 6.42 Å². The van der Waals surface area contributed by atoms with E-state index < -0.39 is 12.1 Å². The quantitative estimate of drug-likeness (QED) is 0.910. The number of carboxylic acid groups (broad SMARTS) is 1. The van der Waals surface area contributed by atoms with Gasteiger partial charge < -0.3 is 9.84 Å². The number of carboxylic acids is 1. The lowest BCUT2D eigenvalue weighted by Gasteiger charge is -2.27. The Morgan fingerprint density at radius 2 is 2.40 bits per heavy atom. The van der Waals surface area contributed by atoms with Gasteiger partial charge in [0.1, 0.15) is 0 Å². The van der Waals surface area contributed by atoms with Gasteiger partial charge in [0.05, 0.1) is 6.10 Å². The molecule has 2 unspecified atom stereocenters. The van der Waals surface area contributed by atoms with Gasteiger partial charge in [-0.15, -0.1) is 11.3 Å². The molecule has 3 nitrogen and oxygen atoms in total. The largest absolute Gasteiger partial charge is 0.479 e. The first-order chi connectivity index (χ1) is 7.18. The number of aliphatic carboxylic acids is 1. The standard InChI is InChI=1S/C10H11BrO3S/c11-6-4-5-15-9(6)7-2-1-3-8(14-7)10(12)13/h4-5,7-8H,1-3H2,(H,12,13). The number of carbonyl (C=O) groups is 1. The maximum absolute atomic E-state index is 10.8. The Balaban J connectivity index is 2.11. The molecule has 82 valence electrons. The lowest BCUT2D eigenvalue weighted by atomic mass is 10.0. The zero-order chi connectivity index (χ0) is 10.8. The van der Waals surface area contributed by atoms with Crippen molar-refractivity contribution >= 4 is 33.2 Å². The van der Waals surface area contributed by atoms with Gasteiger partial charge in [0.25, 0.3) is 0 Å². The van der Waals surface area contributed by atoms with Crippen molar-refractivity contribution in [3.05, 3.63) is 20.8 Å². The van der Waals surface area contributed by atoms with Gasteiger partial charge in [-0.25, -0.2) is 4.79 Å². The average molecular weight is 291 g/mol. The van der Waals surface area contributed by atoms with E-state index in [0.717, 1.165) is 22.2 Å². The van der Waals surface area contributed by atoms with Crippen LogP contribution >= 0.6 is 27.3 Å². The maximum Gasteiger partial charge on any atom is 0.332 e. The van der Waals surface area contributed by atoms with E-state index in [2.05, 4.69) is 15.9 Å². The number of thiophene rings is 1. The molecule has 0 amide bonds. The summed E-state index contributed by atoms with van der Waals surface area (Å²) in [6, 6.07) is 1.97. The molecule has 1 aliphatic heterocycles. The second-order valence-electron chi connectivity index (χ2n) is 3.52. The molecule has 0 spiro atoms. The van der Waals surface area contributed by atoms with E-state index in [1.807, 2.05) is 11.4 Å². The molecule has 1 aromatic rings. The van der Waals surface area contributed by atoms with Crippen molar-refractivity contribution in [1.82, 2.24) is 0 Å². The fourth-order valence-corrected chi connectivity index (χ4v) is 3.43. The van der Waals surface area contributed by atoms with Crippen LogP contribution < -0.4 is 0 Å². The fourth-order valence-electron chi connectivity index (χ4n) is 1.73. The van der Waals surface area contributed by atoms with Crippen molar-refractivity contribution in [3.8, 4) is 0 Å². The Hall–Kier alpha value is -0.390. The van der Waals surface area contributed by atoms with E-state index >= 15 is 0 Å². The summed E-state index contributed by atoms with van der Waals surface area (Å²) in [5.41, 5.74) is 0. The number of hydrogen-bond acceptors (Lipinski definition) is 3. The Morgan fingerprint density at radius 3 is 3.00 bits per heavy atom. The monoisotopic (exact) mass is 290 g/mol. The summed E-state index contributed by atoms with van der Waals surface area (Å²) in [5, 5.41) is 10.9. The van der Waals surface area contributed by atoms with Gasteiger partial charge in [0, 0.05) is 9.35 Å². The molecule has 0 radical (unpaired) electrons. The van der Waals surface area contributed by atoms with Crippen LogP contribution in [0.15, 0.2) is 15.9 Å². The summed E-state index contributed by atoms with van der Waals surface area (Å²) in [4.78, 5) is 11.9. The molecule has 0 saturated carbocycles. The van der Waals surface area contributed by atoms with Gasteiger partial charge in [0.2, 0.25) is 0 Å². The van der Waals surface area contributed by atoms with Crippen LogP contribution in [0.4, 0.5) is 0 Å². The van der Waals surface area contributed by atoms with Crippen molar-refractivity contribution in [1.29, 1.82) is 0 Å². The number of halogens is 1. The summed E-state index contributed by atoms with van der Waals surface area (Å²) in [5.74, 6) is -0.854. The highest BCUT2D eigenvalue weighted by Gasteiger charge is 2.29. The first-order valence-electron chi connectivity index (χ1n) is 4.79. The minimum Gasteiger partial charge on any atom is -0.479 e. The maximum atomic E-state index is 10.8. The van der Waals surface area contributed by atoms with Crippen LogP contribution in [-0.4, -0.2) is 17.2 Å². The third kappa shape index (κ3) is 2.41. The van der Waals surface area contributed by atoms with Gasteiger partial charge >= 0.3 is 5.97 Å². The molecule has 15 heavy (non-hydrogen) atoms. The van der Waals surface area contributed by atoms with E-state index in [-0.39, 0.29) is 6.10 Å². The first kappa shape index (κ1) is 11.1. The second-order valence-corrected chi connectivity index (χ2v) is 5.32. The molecule has 1 fully saturated rings. The van der Waals surface area contributed by atoms with Crippen molar-refractivity contribution in [2.24, 2.45) is 0 Å². The topological polar surface area (TPSA) is 46.5 Å². The van der Waals surface area contributed by atoms with E-state index in [1.54, 1.807) is 11.3 Å². The van der Waals surface area contributed by atoms with Crippen LogP contribution in [0.3, 0.4) is 0 Å². The predicted molar refractivity (Wildman–Crippen MR) is 61.1 cm³/mol. The Labute approximate surface area is 100 Å². The van der Waals surface area contributed by atoms with Crippen LogP contribution in [0.2, 0.25) is 0 Å². The molecule has 2 heterocycles. The molecule has 0 aliphatic carbocycles. The molecule has 1 saturated heterocycles. The van der Waals surface area contributed by atoms with Crippen molar-refractivity contribution in [3.63, 3.8) is 0 Å². The molecular weight excluding hydrogens is 280 g/mol. The van der Waals surface area contributed by atoms with E-state index in [4.69, 9.17) is 9.84 Å². The number of ether oxygens (including phenoxy) is 1. The summed E-state index contributed by atoms with van der Waals surface area (Å²) in [6.45, 7) is 0. The number of rotatable bonds is 2. The third-order valence-electron chi connectivity index (χ3n) is 2.47. The minimum absolute atomic E-state index is 0.0609. The Bertz CT molecular complexity index is 363. The smallest absolute Gasteiger partial charge is 0.332 e. The molecule has 1 N–H and O–H groups in total. The average Bonchev–Trinajstić information content (AvgIpc) is 2.64. The summed E-state index contributed by atoms with van der Waals surface area (Å²) < 4.78 is 6.57. The van der Waals surface area contributed by atoms with E-state index in [1.165, 1.54) is 0 Å². The van der Waals surface area contributed by atoms with Crippen LogP contribution in [0.5, 0.6) is 0 Å². The second kappa shape index (κ2) is 4.63. The highest BCUT2D eigenvalue weighted by atomic mass is 79.9. The van der Waals surface area contributed by atoms with Gasteiger partial charge in [-0.2, -0.15) is 0 Å². The summed E-state index contributed by atoms with van der Waals surface area (Å²) in [6.07, 6.45) is 1.73. The van der Waals surface area contributed by atoms with Crippen LogP contribution in [0.1, 0.15) is 30.2 Å². The summed E-state index contributed by atoms with van der Waals surface area (Å²) in [7, 11) is 0. The zero-order valence-corrected chi connectivity index (χ0v) is 10.4. The Kier molecular flexibility index (Phi) is 3.43. The lowest BCUT2D eigenvalue weighted by molar-refractivity contribution is -0.159. The Morgan fingerprint density at radius 1 is 1.60 bits per heavy atom. The summed E-state index contributed by atoms with van der Waals surface area (Å²) >= 11 is 5.05. The van der Waals surface area contributed by atoms with Gasteiger partial charge in [-0.05, 0) is 46.6 Å². The molecule has 2 atom stereocenters. The third-order valence-corrected chi connectivity index (χ3v) is 4.44. The minimum atomic E-state index is -0.854. The SMILES string of the molecule is O=C(O)C1CCCC(c2sccc2Br)O1. The molecule has 1 aromatic heterocycles. The lowest BCUT2D eigenvalue weighted by Crippen LogP contribution is -2.29. The highest BCUT2D eigenvalue weighted by Crippen LogP contribution is 2.38. The fraction of sp³-hybridized carbons (Fsp3) is 0.500. The molecular formula is C10H11BrO3S. The van der Waals surface area contributed by atoms with Gasteiger partial charge in [0.15, 0.2) is 6.10 Å². The normalized spacial score (nSPS) is 26.5. The highest BCUT2D eigenvalue weighted by molar-refractivity contribution is 9.10.